The van der Waals surface area contributed by atoms with Crippen LogP contribution >= 0.6 is 11.6 Å². The van der Waals surface area contributed by atoms with Gasteiger partial charge in [-0.25, -0.2) is 4.68 Å². The van der Waals surface area contributed by atoms with Crippen molar-refractivity contribution < 1.29 is 19.1 Å². The van der Waals surface area contributed by atoms with Gasteiger partial charge in [0.05, 0.1) is 17.8 Å². The minimum absolute atomic E-state index is 0.0623. The Hall–Kier alpha value is -4.19. The fourth-order valence-electron chi connectivity index (χ4n) is 4.10. The number of para-hydroxylation sites is 1. The first kappa shape index (κ1) is 25.9. The molecule has 3 aromatic rings. The Labute approximate surface area is 220 Å². The van der Waals surface area contributed by atoms with Gasteiger partial charge in [0.1, 0.15) is 23.1 Å². The van der Waals surface area contributed by atoms with Crippen LogP contribution in [-0.2, 0) is 14.3 Å². The predicted octanol–water partition coefficient (Wildman–Crippen LogP) is 4.83. The molecule has 0 N–H and O–H groups in total. The summed E-state index contributed by atoms with van der Waals surface area (Å²) < 4.78 is 12.1. The zero-order valence-electron chi connectivity index (χ0n) is 20.7. The van der Waals surface area contributed by atoms with E-state index >= 15 is 0 Å². The van der Waals surface area contributed by atoms with Crippen LogP contribution in [0.5, 0.6) is 5.75 Å². The molecule has 1 aliphatic heterocycles. The topological polar surface area (TPSA) is 97.5 Å². The standard InChI is InChI=1S/C28H25ClN4O4/c1-18-22(27(34)32(12-7-13-36-2)28(35)23(18)16-30)14-20-17-33(21-8-5-4-6-9-21)31-26(20)19-10-11-25(37-3)24(29)15-19/h4-6,8-11,14-15,17H,7,12-13H2,1-3H3/b22-14+. The molecule has 188 valence electrons. The maximum absolute atomic E-state index is 13.5. The van der Waals surface area contributed by atoms with Gasteiger partial charge in [-0.3, -0.25) is 14.5 Å². The first-order valence-electron chi connectivity index (χ1n) is 11.6. The van der Waals surface area contributed by atoms with E-state index in [9.17, 15) is 14.9 Å². The van der Waals surface area contributed by atoms with Gasteiger partial charge in [0, 0.05) is 43.2 Å². The van der Waals surface area contributed by atoms with E-state index in [2.05, 4.69) is 0 Å². The molecule has 0 unspecified atom stereocenters. The number of aromatic nitrogens is 2. The number of imide groups is 1. The Kier molecular flexibility index (Phi) is 7.87. The van der Waals surface area contributed by atoms with E-state index in [1.54, 1.807) is 43.1 Å². The van der Waals surface area contributed by atoms with Gasteiger partial charge in [0.25, 0.3) is 11.8 Å². The number of carbonyl (C=O) groups excluding carboxylic acids is 2. The average Bonchev–Trinajstić information content (AvgIpc) is 3.33. The molecule has 1 aliphatic rings. The Morgan fingerprint density at radius 3 is 2.51 bits per heavy atom. The monoisotopic (exact) mass is 516 g/mol. The summed E-state index contributed by atoms with van der Waals surface area (Å²) in [4.78, 5) is 27.4. The Morgan fingerprint density at radius 1 is 1.11 bits per heavy atom. The summed E-state index contributed by atoms with van der Waals surface area (Å²) in [5.41, 5.74) is 3.25. The third-order valence-corrected chi connectivity index (χ3v) is 6.34. The lowest BCUT2D eigenvalue weighted by Crippen LogP contribution is -2.43. The van der Waals surface area contributed by atoms with Crippen LogP contribution in [0.2, 0.25) is 5.02 Å². The van der Waals surface area contributed by atoms with Gasteiger partial charge in [-0.15, -0.1) is 0 Å². The summed E-state index contributed by atoms with van der Waals surface area (Å²) in [6.45, 7) is 2.14. The van der Waals surface area contributed by atoms with Crippen LogP contribution in [0, 0.1) is 11.3 Å². The van der Waals surface area contributed by atoms with Crippen LogP contribution in [-0.4, -0.2) is 53.9 Å². The number of ether oxygens (including phenoxy) is 2. The van der Waals surface area contributed by atoms with Crippen LogP contribution in [0.4, 0.5) is 0 Å². The molecule has 0 fully saturated rings. The first-order chi connectivity index (χ1) is 17.9. The fraction of sp³-hybridized carbons (Fsp3) is 0.214. The zero-order chi connectivity index (χ0) is 26.5. The van der Waals surface area contributed by atoms with E-state index in [1.165, 1.54) is 7.11 Å². The maximum Gasteiger partial charge on any atom is 0.271 e. The van der Waals surface area contributed by atoms with Crippen LogP contribution in [0.15, 0.2) is 71.4 Å². The van der Waals surface area contributed by atoms with E-state index in [1.807, 2.05) is 42.5 Å². The Balaban J connectivity index is 1.88. The number of halogens is 1. The molecular weight excluding hydrogens is 492 g/mol. The van der Waals surface area contributed by atoms with Crippen LogP contribution < -0.4 is 4.74 Å². The average molecular weight is 517 g/mol. The van der Waals surface area contributed by atoms with Gasteiger partial charge in [-0.1, -0.05) is 29.8 Å². The lowest BCUT2D eigenvalue weighted by molar-refractivity contribution is -0.140. The number of methoxy groups -OCH3 is 2. The summed E-state index contributed by atoms with van der Waals surface area (Å²) in [6, 6.07) is 16.8. The molecule has 8 nitrogen and oxygen atoms in total. The Bertz CT molecular complexity index is 1450. The SMILES string of the molecule is COCCCN1C(=O)C(C#N)=C(C)/C(=C\c2cn(-c3ccccc3)nc2-c2ccc(OC)c(Cl)c2)C1=O. The largest absolute Gasteiger partial charge is 0.495 e. The minimum Gasteiger partial charge on any atom is -0.495 e. The molecule has 2 amide bonds. The molecule has 0 spiro atoms. The second kappa shape index (κ2) is 11.2. The smallest absolute Gasteiger partial charge is 0.271 e. The zero-order valence-corrected chi connectivity index (χ0v) is 21.5. The summed E-state index contributed by atoms with van der Waals surface area (Å²) in [5.74, 6) is -0.540. The minimum atomic E-state index is -0.597. The summed E-state index contributed by atoms with van der Waals surface area (Å²) in [5, 5.41) is 14.9. The van der Waals surface area contributed by atoms with Gasteiger partial charge in [-0.2, -0.15) is 10.4 Å². The number of rotatable bonds is 8. The second-order valence-electron chi connectivity index (χ2n) is 8.34. The van der Waals surface area contributed by atoms with Gasteiger partial charge in [0.15, 0.2) is 0 Å². The number of nitriles is 1. The molecule has 9 heteroatoms. The van der Waals surface area contributed by atoms with Crippen molar-refractivity contribution in [2.45, 2.75) is 13.3 Å². The summed E-state index contributed by atoms with van der Waals surface area (Å²) in [6.07, 6.45) is 3.93. The molecule has 4 rings (SSSR count). The van der Waals surface area contributed by atoms with Crippen molar-refractivity contribution in [1.82, 2.24) is 14.7 Å². The first-order valence-corrected chi connectivity index (χ1v) is 11.9. The third-order valence-electron chi connectivity index (χ3n) is 6.04. The van der Waals surface area contributed by atoms with Crippen molar-refractivity contribution in [2.75, 3.05) is 27.4 Å². The molecule has 0 aliphatic carbocycles. The molecule has 0 saturated carbocycles. The van der Waals surface area contributed by atoms with E-state index < -0.39 is 11.8 Å². The third kappa shape index (κ3) is 5.19. The molecule has 0 bridgehead atoms. The molecule has 0 radical (unpaired) electrons. The molecule has 2 heterocycles. The number of amides is 2. The highest BCUT2D eigenvalue weighted by Gasteiger charge is 2.35. The quantitative estimate of drug-likeness (QED) is 0.242. The van der Waals surface area contributed by atoms with Crippen LogP contribution in [0.3, 0.4) is 0 Å². The molecule has 2 aromatic carbocycles. The number of benzene rings is 2. The van der Waals surface area contributed by atoms with Crippen molar-refractivity contribution in [3.63, 3.8) is 0 Å². The van der Waals surface area contributed by atoms with Crippen LogP contribution in [0.1, 0.15) is 18.9 Å². The Morgan fingerprint density at radius 2 is 1.86 bits per heavy atom. The molecule has 37 heavy (non-hydrogen) atoms. The van der Waals surface area contributed by atoms with Crippen molar-refractivity contribution in [1.29, 1.82) is 5.26 Å². The lowest BCUT2D eigenvalue weighted by Gasteiger charge is -2.27. The number of carbonyl (C=O) groups is 2. The number of nitrogens with zero attached hydrogens (tertiary/aromatic N) is 4. The van der Waals surface area contributed by atoms with Gasteiger partial charge < -0.3 is 9.47 Å². The lowest BCUT2D eigenvalue weighted by atomic mass is 9.93. The number of hydrogen-bond donors (Lipinski definition) is 0. The second-order valence-corrected chi connectivity index (χ2v) is 8.75. The van der Waals surface area contributed by atoms with Gasteiger partial charge in [-0.05, 0) is 55.3 Å². The summed E-state index contributed by atoms with van der Waals surface area (Å²) >= 11 is 6.40. The highest BCUT2D eigenvalue weighted by Crippen LogP contribution is 2.34. The van der Waals surface area contributed by atoms with Gasteiger partial charge in [0.2, 0.25) is 0 Å². The molecule has 1 aromatic heterocycles. The predicted molar refractivity (Wildman–Crippen MR) is 140 cm³/mol. The fourth-order valence-corrected chi connectivity index (χ4v) is 4.36. The van der Waals surface area contributed by atoms with E-state index in [0.717, 1.165) is 10.6 Å². The van der Waals surface area contributed by atoms with E-state index in [0.29, 0.717) is 46.2 Å². The van der Waals surface area contributed by atoms with Crippen LogP contribution in [0.25, 0.3) is 23.0 Å². The molecular formula is C28H25ClN4O4. The number of hydrogen-bond acceptors (Lipinski definition) is 6. The highest BCUT2D eigenvalue weighted by molar-refractivity contribution is 6.32. The normalized spacial score (nSPS) is 14.9. The summed E-state index contributed by atoms with van der Waals surface area (Å²) in [7, 11) is 3.09. The molecule has 0 saturated heterocycles. The van der Waals surface area contributed by atoms with Gasteiger partial charge >= 0.3 is 0 Å². The highest BCUT2D eigenvalue weighted by atomic mass is 35.5. The van der Waals surface area contributed by atoms with Crippen molar-refractivity contribution in [3.05, 3.63) is 82.0 Å². The van der Waals surface area contributed by atoms with E-state index in [4.69, 9.17) is 26.2 Å². The molecule has 0 atom stereocenters. The van der Waals surface area contributed by atoms with E-state index in [-0.39, 0.29) is 17.7 Å². The van der Waals surface area contributed by atoms with Crippen molar-refractivity contribution in [2.24, 2.45) is 0 Å². The van der Waals surface area contributed by atoms with Crippen molar-refractivity contribution >= 4 is 29.5 Å². The van der Waals surface area contributed by atoms with Crippen molar-refractivity contribution in [3.8, 4) is 28.8 Å². The maximum atomic E-state index is 13.5.